The van der Waals surface area contributed by atoms with Gasteiger partial charge in [0.15, 0.2) is 0 Å². The van der Waals surface area contributed by atoms with Crippen molar-refractivity contribution in [2.24, 2.45) is 0 Å². The first-order valence-corrected chi connectivity index (χ1v) is 13.8. The Morgan fingerprint density at radius 1 is 0.838 bits per heavy atom. The zero-order chi connectivity index (χ0) is 26.1. The number of pyridine rings is 1. The highest BCUT2D eigenvalue weighted by Crippen LogP contribution is 2.26. The van der Waals surface area contributed by atoms with Crippen LogP contribution in [0.1, 0.15) is 24.0 Å². The van der Waals surface area contributed by atoms with Crippen LogP contribution in [0, 0.1) is 0 Å². The molecule has 7 nitrogen and oxygen atoms in total. The first-order valence-electron chi connectivity index (χ1n) is 12.0. The fraction of sp³-hybridized carbons (Fsp3) is 0.172. The van der Waals surface area contributed by atoms with Gasteiger partial charge in [-0.15, -0.1) is 0 Å². The highest BCUT2D eigenvalue weighted by molar-refractivity contribution is 7.92. The number of nitrogens with one attached hydrogen (secondary N) is 1. The summed E-state index contributed by atoms with van der Waals surface area (Å²) in [4.78, 5) is 16.5. The molecule has 0 unspecified atom stereocenters. The van der Waals surface area contributed by atoms with E-state index in [9.17, 15) is 13.2 Å². The van der Waals surface area contributed by atoms with Crippen LogP contribution in [0.3, 0.4) is 0 Å². The molecule has 1 amide bonds. The van der Waals surface area contributed by atoms with Gasteiger partial charge >= 0.3 is 0 Å². The lowest BCUT2D eigenvalue weighted by molar-refractivity contribution is -0.116. The molecule has 0 aliphatic carbocycles. The number of amides is 1. The Labute approximate surface area is 217 Å². The third-order valence-corrected chi connectivity index (χ3v) is 6.86. The van der Waals surface area contributed by atoms with Gasteiger partial charge in [0, 0.05) is 31.0 Å². The van der Waals surface area contributed by atoms with Crippen molar-refractivity contribution in [3.05, 3.63) is 115 Å². The third kappa shape index (κ3) is 7.91. The predicted molar refractivity (Wildman–Crippen MR) is 146 cm³/mol. The van der Waals surface area contributed by atoms with E-state index in [1.165, 1.54) is 9.87 Å². The lowest BCUT2D eigenvalue weighted by Gasteiger charge is -2.22. The third-order valence-electron chi connectivity index (χ3n) is 5.66. The molecule has 4 aromatic rings. The van der Waals surface area contributed by atoms with E-state index in [4.69, 9.17) is 4.74 Å². The highest BCUT2D eigenvalue weighted by atomic mass is 32.2. The Hall–Kier alpha value is -4.17. The van der Waals surface area contributed by atoms with Crippen LogP contribution in [-0.2, 0) is 21.2 Å². The van der Waals surface area contributed by atoms with E-state index in [1.807, 2.05) is 66.7 Å². The van der Waals surface area contributed by atoms with Crippen molar-refractivity contribution in [1.82, 2.24) is 4.98 Å². The summed E-state index contributed by atoms with van der Waals surface area (Å²) in [5.41, 5.74) is 3.53. The number of carbonyl (C=O) groups is 1. The van der Waals surface area contributed by atoms with Gasteiger partial charge in [-0.1, -0.05) is 30.3 Å². The maximum Gasteiger partial charge on any atom is 0.232 e. The molecule has 0 atom stereocenters. The number of para-hydroxylation sites is 1. The molecule has 0 bridgehead atoms. The van der Waals surface area contributed by atoms with Crippen LogP contribution in [0.2, 0.25) is 0 Å². The molecule has 0 fully saturated rings. The molecule has 3 aromatic carbocycles. The lowest BCUT2D eigenvalue weighted by Crippen LogP contribution is -2.31. The minimum atomic E-state index is -3.52. The molecule has 0 saturated heterocycles. The summed E-state index contributed by atoms with van der Waals surface area (Å²) >= 11 is 0. The van der Waals surface area contributed by atoms with E-state index in [-0.39, 0.29) is 18.9 Å². The maximum absolute atomic E-state index is 12.5. The zero-order valence-corrected chi connectivity index (χ0v) is 21.4. The quantitative estimate of drug-likeness (QED) is 0.279. The van der Waals surface area contributed by atoms with Crippen LogP contribution in [0.4, 0.5) is 11.4 Å². The van der Waals surface area contributed by atoms with Crippen LogP contribution < -0.4 is 14.4 Å². The Balaban J connectivity index is 1.29. The summed E-state index contributed by atoms with van der Waals surface area (Å²) in [5, 5.41) is 2.88. The van der Waals surface area contributed by atoms with E-state index in [1.54, 1.807) is 36.7 Å². The summed E-state index contributed by atoms with van der Waals surface area (Å²) < 4.78 is 31.9. The van der Waals surface area contributed by atoms with Gasteiger partial charge in [-0.05, 0) is 84.6 Å². The number of rotatable bonds is 11. The largest absolute Gasteiger partial charge is 0.457 e. The number of hydrogen-bond acceptors (Lipinski definition) is 5. The molecule has 0 aliphatic rings. The van der Waals surface area contributed by atoms with Crippen LogP contribution in [0.25, 0.3) is 0 Å². The Morgan fingerprint density at radius 3 is 2.11 bits per heavy atom. The highest BCUT2D eigenvalue weighted by Gasteiger charge is 2.18. The minimum Gasteiger partial charge on any atom is -0.457 e. The average Bonchev–Trinajstić information content (AvgIpc) is 2.89. The van der Waals surface area contributed by atoms with Crippen LogP contribution in [0.5, 0.6) is 11.5 Å². The zero-order valence-electron chi connectivity index (χ0n) is 20.6. The molecule has 0 spiro atoms. The standard InChI is InChI=1S/C29H29N3O4S/c1-37(34,35)32(26-13-15-28(16-14-26)36-27-6-3-2-4-7-27)21-5-8-29(33)31-25-11-9-23(10-12-25)22-24-17-19-30-20-18-24/h2-4,6-7,9-20H,5,8,21-22H2,1H3,(H,31,33). The normalized spacial score (nSPS) is 11.1. The molecule has 0 saturated carbocycles. The number of carbonyl (C=O) groups excluding carboxylic acids is 1. The van der Waals surface area contributed by atoms with E-state index >= 15 is 0 Å². The number of ether oxygens (including phenoxy) is 1. The summed E-state index contributed by atoms with van der Waals surface area (Å²) in [6, 6.07) is 27.9. The SMILES string of the molecule is CS(=O)(=O)N(CCCC(=O)Nc1ccc(Cc2ccncc2)cc1)c1ccc(Oc2ccccc2)cc1. The summed E-state index contributed by atoms with van der Waals surface area (Å²) in [7, 11) is -3.52. The first kappa shape index (κ1) is 25.9. The number of benzene rings is 3. The molecule has 4 rings (SSSR count). The Kier molecular flexibility index (Phi) is 8.53. The summed E-state index contributed by atoms with van der Waals surface area (Å²) in [5.74, 6) is 1.14. The van der Waals surface area contributed by atoms with Gasteiger partial charge in [0.1, 0.15) is 11.5 Å². The molecular formula is C29H29N3O4S. The molecule has 1 N–H and O–H groups in total. The van der Waals surface area contributed by atoms with E-state index in [0.29, 0.717) is 29.3 Å². The van der Waals surface area contributed by atoms with Crippen molar-refractivity contribution in [3.8, 4) is 11.5 Å². The van der Waals surface area contributed by atoms with Crippen molar-refractivity contribution in [3.63, 3.8) is 0 Å². The molecule has 37 heavy (non-hydrogen) atoms. The van der Waals surface area contributed by atoms with Crippen molar-refractivity contribution in [2.75, 3.05) is 22.4 Å². The first-order chi connectivity index (χ1) is 17.9. The van der Waals surface area contributed by atoms with E-state index in [0.717, 1.165) is 18.2 Å². The number of anilines is 2. The molecule has 0 aliphatic heterocycles. The fourth-order valence-electron chi connectivity index (χ4n) is 3.84. The average molecular weight is 516 g/mol. The summed E-state index contributed by atoms with van der Waals surface area (Å²) in [6.45, 7) is 0.190. The summed E-state index contributed by atoms with van der Waals surface area (Å²) in [6.07, 6.45) is 6.06. The van der Waals surface area contributed by atoms with Crippen LogP contribution in [-0.4, -0.2) is 32.1 Å². The van der Waals surface area contributed by atoms with Gasteiger partial charge in [0.25, 0.3) is 0 Å². The molecule has 1 heterocycles. The molecule has 190 valence electrons. The monoisotopic (exact) mass is 515 g/mol. The second-order valence-corrected chi connectivity index (χ2v) is 10.5. The number of hydrogen-bond donors (Lipinski definition) is 1. The molecule has 1 aromatic heterocycles. The van der Waals surface area contributed by atoms with Gasteiger partial charge in [-0.25, -0.2) is 8.42 Å². The van der Waals surface area contributed by atoms with Gasteiger partial charge in [0.2, 0.25) is 15.9 Å². The van der Waals surface area contributed by atoms with Crippen molar-refractivity contribution in [2.45, 2.75) is 19.3 Å². The van der Waals surface area contributed by atoms with Gasteiger partial charge in [-0.3, -0.25) is 14.1 Å². The van der Waals surface area contributed by atoms with Crippen LogP contribution in [0.15, 0.2) is 103 Å². The number of sulfonamides is 1. The van der Waals surface area contributed by atoms with Crippen molar-refractivity contribution < 1.29 is 17.9 Å². The molecule has 0 radical (unpaired) electrons. The molecular weight excluding hydrogens is 486 g/mol. The topological polar surface area (TPSA) is 88.6 Å². The Bertz CT molecular complexity index is 1390. The smallest absolute Gasteiger partial charge is 0.232 e. The second kappa shape index (κ2) is 12.2. The molecule has 8 heteroatoms. The minimum absolute atomic E-state index is 0.165. The van der Waals surface area contributed by atoms with E-state index < -0.39 is 10.0 Å². The fourth-order valence-corrected chi connectivity index (χ4v) is 4.81. The Morgan fingerprint density at radius 2 is 1.46 bits per heavy atom. The van der Waals surface area contributed by atoms with E-state index in [2.05, 4.69) is 10.3 Å². The number of aromatic nitrogens is 1. The van der Waals surface area contributed by atoms with Crippen molar-refractivity contribution in [1.29, 1.82) is 0 Å². The van der Waals surface area contributed by atoms with Gasteiger partial charge < -0.3 is 10.1 Å². The second-order valence-electron chi connectivity index (χ2n) is 8.63. The maximum atomic E-state index is 12.5. The number of nitrogens with zero attached hydrogens (tertiary/aromatic N) is 2. The van der Waals surface area contributed by atoms with Gasteiger partial charge in [0.05, 0.1) is 11.9 Å². The van der Waals surface area contributed by atoms with Crippen molar-refractivity contribution >= 4 is 27.3 Å². The predicted octanol–water partition coefficient (Wildman–Crippen LogP) is 5.65. The van der Waals surface area contributed by atoms with Gasteiger partial charge in [-0.2, -0.15) is 0 Å². The lowest BCUT2D eigenvalue weighted by atomic mass is 10.1. The van der Waals surface area contributed by atoms with Crippen LogP contribution >= 0.6 is 0 Å².